The van der Waals surface area contributed by atoms with Crippen LogP contribution in [0.1, 0.15) is 37.4 Å². The highest BCUT2D eigenvalue weighted by atomic mass is 79.9. The molecule has 3 rings (SSSR count). The fourth-order valence-electron chi connectivity index (χ4n) is 2.64. The van der Waals surface area contributed by atoms with Crippen LogP contribution in [0, 0.1) is 0 Å². The topological polar surface area (TPSA) is 30.7 Å². The van der Waals surface area contributed by atoms with Gasteiger partial charge in [-0.2, -0.15) is 11.8 Å². The summed E-state index contributed by atoms with van der Waals surface area (Å²) in [4.78, 5) is 9.20. The van der Waals surface area contributed by atoms with E-state index in [1.165, 1.54) is 25.0 Å². The minimum atomic E-state index is -0.100. The minimum Gasteiger partial charge on any atom is -0.310 e. The highest BCUT2D eigenvalue weighted by Gasteiger charge is 2.21. The van der Waals surface area contributed by atoms with Crippen molar-refractivity contribution >= 4 is 50.5 Å². The first-order valence-electron chi connectivity index (χ1n) is 6.92. The van der Waals surface area contributed by atoms with Crippen molar-refractivity contribution in [3.05, 3.63) is 22.6 Å². The second kappa shape index (κ2) is 6.24. The average Bonchev–Trinajstić information content (AvgIpc) is 2.78. The number of halogens is 2. The lowest BCUT2D eigenvalue weighted by Crippen LogP contribution is -2.19. The second-order valence-corrected chi connectivity index (χ2v) is 8.16. The van der Waals surface area contributed by atoms with Crippen molar-refractivity contribution in [3.63, 3.8) is 0 Å². The van der Waals surface area contributed by atoms with Crippen molar-refractivity contribution in [2.45, 2.75) is 43.4 Å². The molecule has 6 heteroatoms. The predicted octanol–water partition coefficient (Wildman–Crippen LogP) is 4.78. The normalized spacial score (nSPS) is 21.2. The van der Waals surface area contributed by atoms with Gasteiger partial charge in [0.25, 0.3) is 0 Å². The Hall–Kier alpha value is -0.260. The summed E-state index contributed by atoms with van der Waals surface area (Å²) in [6.07, 6.45) is 5.78. The molecule has 1 fully saturated rings. The lowest BCUT2D eigenvalue weighted by Gasteiger charge is -2.23. The molecule has 108 valence electrons. The van der Waals surface area contributed by atoms with E-state index in [1.807, 2.05) is 19.2 Å². The molecule has 2 aromatic heterocycles. The maximum Gasteiger partial charge on any atom is 0.160 e. The lowest BCUT2D eigenvalue weighted by atomic mass is 10.2. The van der Waals surface area contributed by atoms with E-state index in [0.717, 1.165) is 28.0 Å². The molecule has 0 spiro atoms. The standard InChI is InChI=1S/C14H17BrClN3S/c1-9(16)13-18-12-6-10(15)7-17-14(12)19(13)8-11-4-2-3-5-20-11/h6-7,9,11H,2-5,8H2,1H3. The van der Waals surface area contributed by atoms with Crippen LogP contribution >= 0.6 is 39.3 Å². The Labute approximate surface area is 136 Å². The third-order valence-electron chi connectivity index (χ3n) is 3.60. The maximum atomic E-state index is 6.31. The van der Waals surface area contributed by atoms with E-state index < -0.39 is 0 Å². The summed E-state index contributed by atoms with van der Waals surface area (Å²) in [6.45, 7) is 2.94. The number of imidazole rings is 1. The van der Waals surface area contributed by atoms with E-state index in [9.17, 15) is 0 Å². The molecule has 2 unspecified atom stereocenters. The van der Waals surface area contributed by atoms with Crippen molar-refractivity contribution in [2.75, 3.05) is 5.75 Å². The fraction of sp³-hybridized carbons (Fsp3) is 0.571. The van der Waals surface area contributed by atoms with Crippen LogP contribution in [0.25, 0.3) is 11.2 Å². The Bertz CT molecular complexity index is 608. The van der Waals surface area contributed by atoms with Gasteiger partial charge in [-0.15, -0.1) is 11.6 Å². The molecule has 1 aliphatic rings. The van der Waals surface area contributed by atoms with Crippen molar-refractivity contribution in [2.24, 2.45) is 0 Å². The molecule has 2 aromatic rings. The quantitative estimate of drug-likeness (QED) is 0.724. The Balaban J connectivity index is 1.99. The van der Waals surface area contributed by atoms with Crippen LogP contribution in [-0.2, 0) is 6.54 Å². The number of rotatable bonds is 3. The van der Waals surface area contributed by atoms with E-state index in [0.29, 0.717) is 5.25 Å². The highest BCUT2D eigenvalue weighted by molar-refractivity contribution is 9.10. The summed E-state index contributed by atoms with van der Waals surface area (Å²) in [7, 11) is 0. The predicted molar refractivity (Wildman–Crippen MR) is 89.6 cm³/mol. The van der Waals surface area contributed by atoms with E-state index in [-0.39, 0.29) is 5.38 Å². The van der Waals surface area contributed by atoms with Gasteiger partial charge in [-0.3, -0.25) is 0 Å². The van der Waals surface area contributed by atoms with Gasteiger partial charge in [0.05, 0.1) is 5.38 Å². The monoisotopic (exact) mass is 373 g/mol. The van der Waals surface area contributed by atoms with Gasteiger partial charge in [-0.05, 0) is 47.5 Å². The summed E-state index contributed by atoms with van der Waals surface area (Å²) in [5.41, 5.74) is 1.87. The molecule has 1 aliphatic heterocycles. The Kier molecular flexibility index (Phi) is 4.58. The zero-order valence-corrected chi connectivity index (χ0v) is 14.5. The zero-order valence-electron chi connectivity index (χ0n) is 11.4. The Morgan fingerprint density at radius 1 is 1.55 bits per heavy atom. The fourth-order valence-corrected chi connectivity index (χ4v) is 4.42. The van der Waals surface area contributed by atoms with Crippen molar-refractivity contribution in [1.82, 2.24) is 14.5 Å². The van der Waals surface area contributed by atoms with Gasteiger partial charge < -0.3 is 4.57 Å². The molecule has 0 bridgehead atoms. The third kappa shape index (κ3) is 3.00. The molecule has 1 saturated heterocycles. The molecule has 0 N–H and O–H groups in total. The number of alkyl halides is 1. The smallest absolute Gasteiger partial charge is 0.160 e. The number of fused-ring (bicyclic) bond motifs is 1. The summed E-state index contributed by atoms with van der Waals surface area (Å²) in [5.74, 6) is 2.20. The Morgan fingerprint density at radius 2 is 2.40 bits per heavy atom. The van der Waals surface area contributed by atoms with Crippen LogP contribution < -0.4 is 0 Å². The van der Waals surface area contributed by atoms with Crippen LogP contribution in [0.2, 0.25) is 0 Å². The molecular weight excluding hydrogens is 358 g/mol. The molecule has 0 amide bonds. The van der Waals surface area contributed by atoms with Crippen LogP contribution in [0.3, 0.4) is 0 Å². The van der Waals surface area contributed by atoms with Gasteiger partial charge in [-0.25, -0.2) is 9.97 Å². The van der Waals surface area contributed by atoms with Gasteiger partial charge in [0.15, 0.2) is 5.65 Å². The van der Waals surface area contributed by atoms with E-state index in [4.69, 9.17) is 11.6 Å². The average molecular weight is 375 g/mol. The third-order valence-corrected chi connectivity index (χ3v) is 5.61. The van der Waals surface area contributed by atoms with Gasteiger partial charge in [0.1, 0.15) is 11.3 Å². The number of aromatic nitrogens is 3. The first kappa shape index (κ1) is 14.7. The lowest BCUT2D eigenvalue weighted by molar-refractivity contribution is 0.573. The largest absolute Gasteiger partial charge is 0.310 e. The number of hydrogen-bond acceptors (Lipinski definition) is 3. The van der Waals surface area contributed by atoms with Crippen LogP contribution in [0.4, 0.5) is 0 Å². The summed E-state index contributed by atoms with van der Waals surface area (Å²) < 4.78 is 3.16. The molecule has 2 atom stereocenters. The second-order valence-electron chi connectivity index (χ2n) is 5.18. The van der Waals surface area contributed by atoms with Gasteiger partial charge in [0.2, 0.25) is 0 Å². The number of thioether (sulfide) groups is 1. The zero-order chi connectivity index (χ0) is 14.1. The van der Waals surface area contributed by atoms with Crippen LogP contribution in [-0.4, -0.2) is 25.5 Å². The van der Waals surface area contributed by atoms with Crippen LogP contribution in [0.5, 0.6) is 0 Å². The van der Waals surface area contributed by atoms with Gasteiger partial charge in [-0.1, -0.05) is 6.42 Å². The van der Waals surface area contributed by atoms with E-state index >= 15 is 0 Å². The minimum absolute atomic E-state index is 0.100. The molecule has 20 heavy (non-hydrogen) atoms. The van der Waals surface area contributed by atoms with Crippen LogP contribution in [0.15, 0.2) is 16.7 Å². The SMILES string of the molecule is CC(Cl)c1nc2cc(Br)cnc2n1CC1CCCCS1. The highest BCUT2D eigenvalue weighted by Crippen LogP contribution is 2.30. The maximum absolute atomic E-state index is 6.31. The number of nitrogens with zero attached hydrogens (tertiary/aromatic N) is 3. The van der Waals surface area contributed by atoms with Crippen molar-refractivity contribution < 1.29 is 0 Å². The number of pyridine rings is 1. The molecule has 0 radical (unpaired) electrons. The van der Waals surface area contributed by atoms with E-state index in [1.54, 1.807) is 0 Å². The molecule has 0 aliphatic carbocycles. The number of hydrogen-bond donors (Lipinski definition) is 0. The Morgan fingerprint density at radius 3 is 3.10 bits per heavy atom. The molecule has 0 aromatic carbocycles. The molecule has 0 saturated carbocycles. The molecular formula is C14H17BrClN3S. The first-order valence-corrected chi connectivity index (χ1v) is 9.20. The van der Waals surface area contributed by atoms with Gasteiger partial charge in [0, 0.05) is 22.5 Å². The summed E-state index contributed by atoms with van der Waals surface area (Å²) in [5, 5.41) is 0.553. The van der Waals surface area contributed by atoms with Crippen molar-refractivity contribution in [3.8, 4) is 0 Å². The van der Waals surface area contributed by atoms with Crippen molar-refractivity contribution in [1.29, 1.82) is 0 Å². The summed E-state index contributed by atoms with van der Waals surface area (Å²) in [6, 6.07) is 2.01. The first-order chi connectivity index (χ1) is 9.65. The van der Waals surface area contributed by atoms with E-state index in [2.05, 4.69) is 42.2 Å². The summed E-state index contributed by atoms with van der Waals surface area (Å²) >= 11 is 11.8. The van der Waals surface area contributed by atoms with Gasteiger partial charge >= 0.3 is 0 Å². The molecule has 3 nitrogen and oxygen atoms in total. The molecule has 3 heterocycles.